The summed E-state index contributed by atoms with van der Waals surface area (Å²) >= 11 is 0. The summed E-state index contributed by atoms with van der Waals surface area (Å²) in [6.07, 6.45) is 1.72. The summed E-state index contributed by atoms with van der Waals surface area (Å²) in [4.78, 5) is 4.63. The van der Waals surface area contributed by atoms with Gasteiger partial charge in [-0.05, 0) is 42.2 Å². The van der Waals surface area contributed by atoms with E-state index in [-0.39, 0.29) is 0 Å². The van der Waals surface area contributed by atoms with Gasteiger partial charge in [0.15, 0.2) is 0 Å². The van der Waals surface area contributed by atoms with Gasteiger partial charge in [0.05, 0.1) is 26.4 Å². The normalized spacial score (nSPS) is 10.9. The van der Waals surface area contributed by atoms with E-state index in [9.17, 15) is 0 Å². The number of hydrogen-bond acceptors (Lipinski definition) is 3. The maximum absolute atomic E-state index is 5.81. The molecule has 3 aromatic rings. The molecule has 3 nitrogen and oxygen atoms in total. The Morgan fingerprint density at radius 1 is 0.667 bits per heavy atom. The first-order valence-corrected chi connectivity index (χ1v) is 9.49. The summed E-state index contributed by atoms with van der Waals surface area (Å²) in [7, 11) is 0. The number of rotatable bonds is 10. The molecule has 3 rings (SSSR count). The summed E-state index contributed by atoms with van der Waals surface area (Å²) in [6, 6.07) is 24.8. The minimum absolute atomic E-state index is 0.646. The molecule has 0 atom stereocenters. The first-order valence-electron chi connectivity index (χ1n) is 9.49. The first-order chi connectivity index (χ1) is 13.3. The van der Waals surface area contributed by atoms with Crippen molar-refractivity contribution >= 4 is 0 Å². The van der Waals surface area contributed by atoms with Crippen LogP contribution in [0, 0.1) is 6.92 Å². The molecular weight excluding hydrogens is 334 g/mol. The number of hydrogen-bond donors (Lipinski definition) is 0. The monoisotopic (exact) mass is 361 g/mol. The number of aryl methyl sites for hydroxylation is 1. The SMILES string of the molecule is Cc1cc(CCOCc2ccccc2)cc(CCOCc2ccccc2)n1. The Kier molecular flexibility index (Phi) is 7.57. The Labute approximate surface area is 162 Å². The highest BCUT2D eigenvalue weighted by molar-refractivity contribution is 5.21. The summed E-state index contributed by atoms with van der Waals surface area (Å²) in [5.74, 6) is 0. The highest BCUT2D eigenvalue weighted by atomic mass is 16.5. The minimum Gasteiger partial charge on any atom is -0.376 e. The average molecular weight is 361 g/mol. The topological polar surface area (TPSA) is 31.4 Å². The molecule has 0 aliphatic rings. The lowest BCUT2D eigenvalue weighted by molar-refractivity contribution is 0.122. The molecule has 0 saturated carbocycles. The van der Waals surface area contributed by atoms with E-state index in [1.165, 1.54) is 16.7 Å². The molecule has 0 radical (unpaired) electrons. The molecule has 2 aromatic carbocycles. The Balaban J connectivity index is 1.41. The molecule has 0 saturated heterocycles. The van der Waals surface area contributed by atoms with E-state index in [2.05, 4.69) is 41.4 Å². The molecule has 140 valence electrons. The fourth-order valence-electron chi connectivity index (χ4n) is 2.98. The van der Waals surface area contributed by atoms with Gasteiger partial charge in [0, 0.05) is 17.8 Å². The molecule has 27 heavy (non-hydrogen) atoms. The third-order valence-electron chi connectivity index (χ3n) is 4.33. The van der Waals surface area contributed by atoms with Crippen LogP contribution in [0.3, 0.4) is 0 Å². The van der Waals surface area contributed by atoms with Gasteiger partial charge >= 0.3 is 0 Å². The Bertz CT molecular complexity index is 737. The molecule has 0 fully saturated rings. The van der Waals surface area contributed by atoms with Crippen LogP contribution in [0.4, 0.5) is 0 Å². The zero-order valence-corrected chi connectivity index (χ0v) is 15.9. The van der Waals surface area contributed by atoms with Crippen LogP contribution in [0.25, 0.3) is 0 Å². The zero-order valence-electron chi connectivity index (χ0n) is 15.9. The number of aromatic nitrogens is 1. The molecule has 1 heterocycles. The highest BCUT2D eigenvalue weighted by Crippen LogP contribution is 2.09. The smallest absolute Gasteiger partial charge is 0.0717 e. The molecule has 0 bridgehead atoms. The summed E-state index contributed by atoms with van der Waals surface area (Å²) in [5.41, 5.74) is 5.81. The van der Waals surface area contributed by atoms with E-state index in [4.69, 9.17) is 9.47 Å². The number of benzene rings is 2. The molecule has 0 N–H and O–H groups in total. The van der Waals surface area contributed by atoms with E-state index >= 15 is 0 Å². The lowest BCUT2D eigenvalue weighted by atomic mass is 10.1. The lowest BCUT2D eigenvalue weighted by Crippen LogP contribution is -2.04. The van der Waals surface area contributed by atoms with Gasteiger partial charge in [0.25, 0.3) is 0 Å². The molecular formula is C24H27NO2. The van der Waals surface area contributed by atoms with Gasteiger partial charge in [-0.3, -0.25) is 4.98 Å². The molecule has 0 spiro atoms. The van der Waals surface area contributed by atoms with Crippen LogP contribution in [0.5, 0.6) is 0 Å². The molecule has 0 amide bonds. The Morgan fingerprint density at radius 3 is 1.81 bits per heavy atom. The van der Waals surface area contributed by atoms with Gasteiger partial charge in [-0.15, -0.1) is 0 Å². The van der Waals surface area contributed by atoms with Crippen LogP contribution in [0.2, 0.25) is 0 Å². The van der Waals surface area contributed by atoms with E-state index in [0.29, 0.717) is 26.4 Å². The minimum atomic E-state index is 0.646. The summed E-state index contributed by atoms with van der Waals surface area (Å²) in [6.45, 7) is 4.73. The van der Waals surface area contributed by atoms with Gasteiger partial charge in [-0.1, -0.05) is 60.7 Å². The molecule has 0 aliphatic carbocycles. The van der Waals surface area contributed by atoms with Crippen molar-refractivity contribution in [1.82, 2.24) is 4.98 Å². The number of nitrogens with zero attached hydrogens (tertiary/aromatic N) is 1. The van der Waals surface area contributed by atoms with Crippen molar-refractivity contribution in [2.75, 3.05) is 13.2 Å². The predicted molar refractivity (Wildman–Crippen MR) is 109 cm³/mol. The van der Waals surface area contributed by atoms with Crippen LogP contribution in [-0.2, 0) is 35.5 Å². The fraction of sp³-hybridized carbons (Fsp3) is 0.292. The number of pyridine rings is 1. The maximum atomic E-state index is 5.81. The third kappa shape index (κ3) is 6.97. The molecule has 0 aliphatic heterocycles. The second kappa shape index (κ2) is 10.6. The highest BCUT2D eigenvalue weighted by Gasteiger charge is 2.02. The average Bonchev–Trinajstić information content (AvgIpc) is 2.70. The second-order valence-corrected chi connectivity index (χ2v) is 6.68. The van der Waals surface area contributed by atoms with Crippen molar-refractivity contribution in [3.05, 3.63) is 101 Å². The molecule has 3 heteroatoms. The van der Waals surface area contributed by atoms with Gasteiger partial charge < -0.3 is 9.47 Å². The second-order valence-electron chi connectivity index (χ2n) is 6.68. The van der Waals surface area contributed by atoms with Crippen LogP contribution < -0.4 is 0 Å². The van der Waals surface area contributed by atoms with E-state index in [1.807, 2.05) is 43.3 Å². The predicted octanol–water partition coefficient (Wildman–Crippen LogP) is 4.91. The maximum Gasteiger partial charge on any atom is 0.0717 e. The van der Waals surface area contributed by atoms with Crippen molar-refractivity contribution in [3.8, 4) is 0 Å². The van der Waals surface area contributed by atoms with Gasteiger partial charge in [-0.25, -0.2) is 0 Å². The van der Waals surface area contributed by atoms with Gasteiger partial charge in [0.1, 0.15) is 0 Å². The van der Waals surface area contributed by atoms with E-state index in [1.54, 1.807) is 0 Å². The Morgan fingerprint density at radius 2 is 1.22 bits per heavy atom. The van der Waals surface area contributed by atoms with Crippen LogP contribution in [0.1, 0.15) is 28.1 Å². The fourth-order valence-corrected chi connectivity index (χ4v) is 2.98. The molecule has 1 aromatic heterocycles. The van der Waals surface area contributed by atoms with Crippen molar-refractivity contribution in [2.45, 2.75) is 33.0 Å². The summed E-state index contributed by atoms with van der Waals surface area (Å²) < 4.78 is 11.6. The van der Waals surface area contributed by atoms with Crippen molar-refractivity contribution in [2.24, 2.45) is 0 Å². The zero-order chi connectivity index (χ0) is 18.7. The van der Waals surface area contributed by atoms with E-state index < -0.39 is 0 Å². The quantitative estimate of drug-likeness (QED) is 0.481. The largest absolute Gasteiger partial charge is 0.376 e. The standard InChI is InChI=1S/C24H27NO2/c1-20-16-23(12-14-26-18-21-8-4-2-5-9-21)17-24(25-20)13-15-27-19-22-10-6-3-7-11-22/h2-11,16-17H,12-15,18-19H2,1H3. The van der Waals surface area contributed by atoms with Crippen molar-refractivity contribution in [1.29, 1.82) is 0 Å². The first kappa shape index (κ1) is 19.3. The third-order valence-corrected chi connectivity index (χ3v) is 4.33. The molecule has 0 unspecified atom stereocenters. The van der Waals surface area contributed by atoms with Crippen LogP contribution in [0.15, 0.2) is 72.8 Å². The van der Waals surface area contributed by atoms with Crippen LogP contribution >= 0.6 is 0 Å². The van der Waals surface area contributed by atoms with Crippen molar-refractivity contribution in [3.63, 3.8) is 0 Å². The van der Waals surface area contributed by atoms with Gasteiger partial charge in [0.2, 0.25) is 0 Å². The Hall–Kier alpha value is -2.49. The van der Waals surface area contributed by atoms with Gasteiger partial charge in [-0.2, -0.15) is 0 Å². The van der Waals surface area contributed by atoms with E-state index in [0.717, 1.165) is 24.2 Å². The number of ether oxygens (including phenoxy) is 2. The van der Waals surface area contributed by atoms with Crippen LogP contribution in [-0.4, -0.2) is 18.2 Å². The lowest BCUT2D eigenvalue weighted by Gasteiger charge is -2.09. The van der Waals surface area contributed by atoms with Crippen molar-refractivity contribution < 1.29 is 9.47 Å². The summed E-state index contributed by atoms with van der Waals surface area (Å²) in [5, 5.41) is 0.